The summed E-state index contributed by atoms with van der Waals surface area (Å²) in [4.78, 5) is 0. The van der Waals surface area contributed by atoms with E-state index in [9.17, 15) is 4.39 Å². The Morgan fingerprint density at radius 2 is 1.83 bits per heavy atom. The summed E-state index contributed by atoms with van der Waals surface area (Å²) in [7, 11) is 2.51. The topological polar surface area (TPSA) is 9.23 Å². The Morgan fingerprint density at radius 1 is 1.11 bits per heavy atom. The number of hydrogen-bond donors (Lipinski definition) is 0. The molecule has 92 valence electrons. The van der Waals surface area contributed by atoms with Gasteiger partial charge in [-0.25, -0.2) is 4.39 Å². The summed E-state index contributed by atoms with van der Waals surface area (Å²) in [6, 6.07) is 13.0. The zero-order valence-electron chi connectivity index (χ0n) is 10.7. The predicted molar refractivity (Wildman–Crippen MR) is 74.6 cm³/mol. The van der Waals surface area contributed by atoms with E-state index in [4.69, 9.17) is 4.74 Å². The van der Waals surface area contributed by atoms with Gasteiger partial charge in [-0.15, -0.1) is 0 Å². The fraction of sp³-hybridized carbons (Fsp3) is 0.200. The molecule has 2 aromatic rings. The first-order valence-corrected chi connectivity index (χ1v) is 6.07. The summed E-state index contributed by atoms with van der Waals surface area (Å²) in [6.07, 6.45) is 0.911. The number of rotatable bonds is 4. The third-order valence-electron chi connectivity index (χ3n) is 3.15. The van der Waals surface area contributed by atoms with Crippen LogP contribution in [0.3, 0.4) is 0 Å². The Morgan fingerprint density at radius 3 is 2.50 bits per heavy atom. The molecule has 0 aromatic heterocycles. The van der Waals surface area contributed by atoms with E-state index in [1.807, 2.05) is 37.3 Å². The molecule has 2 aromatic carbocycles. The first-order chi connectivity index (χ1) is 8.69. The summed E-state index contributed by atoms with van der Waals surface area (Å²) < 4.78 is 18.3. The van der Waals surface area contributed by atoms with E-state index in [1.165, 1.54) is 11.6 Å². The average molecular weight is 242 g/mol. The van der Waals surface area contributed by atoms with Gasteiger partial charge in [0.2, 0.25) is 0 Å². The highest BCUT2D eigenvalue weighted by Crippen LogP contribution is 2.11. The maximum atomic E-state index is 13.2. The van der Waals surface area contributed by atoms with E-state index >= 15 is 0 Å². The summed E-state index contributed by atoms with van der Waals surface area (Å²) in [6.45, 7) is 2.02. The Kier molecular flexibility index (Phi) is 4.03. The maximum absolute atomic E-state index is 13.2. The molecule has 1 nitrogen and oxygen atoms in total. The van der Waals surface area contributed by atoms with Crippen LogP contribution < -0.4 is 10.2 Å². The van der Waals surface area contributed by atoms with Gasteiger partial charge in [-0.05, 0) is 37.5 Å². The highest BCUT2D eigenvalue weighted by molar-refractivity contribution is 6.53. The van der Waals surface area contributed by atoms with Crippen LogP contribution in [0.4, 0.5) is 4.39 Å². The molecule has 0 bridgehead atoms. The lowest BCUT2D eigenvalue weighted by Gasteiger charge is -2.06. The number of aryl methyl sites for hydroxylation is 1. The Bertz CT molecular complexity index is 523. The van der Waals surface area contributed by atoms with Crippen LogP contribution in [0.15, 0.2) is 42.5 Å². The van der Waals surface area contributed by atoms with Crippen LogP contribution in [0, 0.1) is 12.7 Å². The molecule has 0 N–H and O–H groups in total. The van der Waals surface area contributed by atoms with Crippen molar-refractivity contribution in [3.8, 4) is 5.75 Å². The van der Waals surface area contributed by atoms with Gasteiger partial charge in [0.25, 0.3) is 0 Å². The molecule has 0 aliphatic carbocycles. The van der Waals surface area contributed by atoms with Gasteiger partial charge in [0.05, 0.1) is 7.11 Å². The fourth-order valence-corrected chi connectivity index (χ4v) is 1.98. The molecule has 3 heteroatoms. The second kappa shape index (κ2) is 5.72. The van der Waals surface area contributed by atoms with Crippen molar-refractivity contribution in [3.05, 3.63) is 59.4 Å². The minimum atomic E-state index is -0.162. The Balaban J connectivity index is 2.04. The first kappa shape index (κ1) is 12.7. The highest BCUT2D eigenvalue weighted by atomic mass is 19.1. The lowest BCUT2D eigenvalue weighted by Crippen LogP contribution is -2.20. The molecule has 0 atom stereocenters. The molecule has 0 amide bonds. The average Bonchev–Trinajstić information content (AvgIpc) is 2.40. The van der Waals surface area contributed by atoms with Crippen molar-refractivity contribution >= 4 is 12.7 Å². The van der Waals surface area contributed by atoms with Gasteiger partial charge in [-0.2, -0.15) is 0 Å². The lowest BCUT2D eigenvalue weighted by atomic mass is 9.64. The van der Waals surface area contributed by atoms with E-state index in [0.29, 0.717) is 0 Å². The van der Waals surface area contributed by atoms with Crippen molar-refractivity contribution in [2.45, 2.75) is 13.2 Å². The second-order valence-electron chi connectivity index (χ2n) is 4.42. The largest absolute Gasteiger partial charge is 0.497 e. The zero-order valence-corrected chi connectivity index (χ0v) is 10.7. The van der Waals surface area contributed by atoms with Crippen LogP contribution in [-0.4, -0.2) is 14.4 Å². The van der Waals surface area contributed by atoms with Crippen molar-refractivity contribution in [2.24, 2.45) is 0 Å². The standard InChI is InChI=1S/C15H16BFO/c1-11-3-6-13(17)9-15(11)16-10-12-4-7-14(18-2)8-5-12/h3-9,16H,10H2,1-2H3. The van der Waals surface area contributed by atoms with E-state index in [2.05, 4.69) is 0 Å². The van der Waals surface area contributed by atoms with Gasteiger partial charge >= 0.3 is 0 Å². The van der Waals surface area contributed by atoms with E-state index in [0.717, 1.165) is 30.4 Å². The summed E-state index contributed by atoms with van der Waals surface area (Å²) in [5, 5.41) is 0. The minimum absolute atomic E-state index is 0.162. The van der Waals surface area contributed by atoms with Crippen molar-refractivity contribution in [3.63, 3.8) is 0 Å². The predicted octanol–water partition coefficient (Wildman–Crippen LogP) is 2.40. The molecule has 0 aliphatic heterocycles. The maximum Gasteiger partial charge on any atom is 0.162 e. The third-order valence-corrected chi connectivity index (χ3v) is 3.15. The number of hydrogen-bond acceptors (Lipinski definition) is 1. The van der Waals surface area contributed by atoms with E-state index in [1.54, 1.807) is 13.2 Å². The van der Waals surface area contributed by atoms with Gasteiger partial charge < -0.3 is 4.74 Å². The van der Waals surface area contributed by atoms with Crippen LogP contribution in [0.25, 0.3) is 0 Å². The monoisotopic (exact) mass is 242 g/mol. The van der Waals surface area contributed by atoms with Crippen LogP contribution in [0.2, 0.25) is 0 Å². The third kappa shape index (κ3) is 3.13. The van der Waals surface area contributed by atoms with E-state index in [-0.39, 0.29) is 5.82 Å². The first-order valence-electron chi connectivity index (χ1n) is 6.07. The van der Waals surface area contributed by atoms with Gasteiger partial charge in [0, 0.05) is 0 Å². The normalized spacial score (nSPS) is 10.2. The smallest absolute Gasteiger partial charge is 0.162 e. The molecule has 0 radical (unpaired) electrons. The summed E-state index contributed by atoms with van der Waals surface area (Å²) in [5.74, 6) is 0.700. The van der Waals surface area contributed by atoms with Gasteiger partial charge in [0.15, 0.2) is 7.28 Å². The van der Waals surface area contributed by atoms with Gasteiger partial charge in [-0.3, -0.25) is 0 Å². The molecule has 0 aliphatic rings. The number of benzene rings is 2. The molecule has 0 fully saturated rings. The van der Waals surface area contributed by atoms with Crippen LogP contribution >= 0.6 is 0 Å². The molecule has 0 heterocycles. The van der Waals surface area contributed by atoms with Crippen LogP contribution in [0.1, 0.15) is 11.1 Å². The molecule has 0 unspecified atom stereocenters. The molecule has 18 heavy (non-hydrogen) atoms. The van der Waals surface area contributed by atoms with Gasteiger partial charge in [0.1, 0.15) is 11.6 Å². The molecule has 0 saturated carbocycles. The van der Waals surface area contributed by atoms with Crippen molar-refractivity contribution in [1.82, 2.24) is 0 Å². The zero-order chi connectivity index (χ0) is 13.0. The van der Waals surface area contributed by atoms with Crippen LogP contribution in [-0.2, 0) is 6.32 Å². The van der Waals surface area contributed by atoms with Gasteiger partial charge in [-0.1, -0.05) is 34.8 Å². The molecule has 0 saturated heterocycles. The summed E-state index contributed by atoms with van der Waals surface area (Å²) in [5.41, 5.74) is 3.45. The Labute approximate surface area is 108 Å². The molecular formula is C15H16BFO. The van der Waals surface area contributed by atoms with Crippen molar-refractivity contribution in [2.75, 3.05) is 7.11 Å². The quantitative estimate of drug-likeness (QED) is 0.748. The second-order valence-corrected chi connectivity index (χ2v) is 4.42. The fourth-order valence-electron chi connectivity index (χ4n) is 1.98. The SMILES string of the molecule is COc1ccc(CBc2cc(F)ccc2C)cc1. The minimum Gasteiger partial charge on any atom is -0.497 e. The summed E-state index contributed by atoms with van der Waals surface area (Å²) >= 11 is 0. The number of ether oxygens (including phenoxy) is 1. The Hall–Kier alpha value is -1.77. The molecule has 0 spiro atoms. The molecule has 2 rings (SSSR count). The number of halogens is 1. The number of methoxy groups -OCH3 is 1. The highest BCUT2D eigenvalue weighted by Gasteiger charge is 2.03. The van der Waals surface area contributed by atoms with Crippen molar-refractivity contribution in [1.29, 1.82) is 0 Å². The molecular weight excluding hydrogens is 226 g/mol. The lowest BCUT2D eigenvalue weighted by molar-refractivity contribution is 0.414. The van der Waals surface area contributed by atoms with E-state index < -0.39 is 0 Å². The van der Waals surface area contributed by atoms with Crippen molar-refractivity contribution < 1.29 is 9.13 Å². The van der Waals surface area contributed by atoms with Crippen LogP contribution in [0.5, 0.6) is 5.75 Å².